The summed E-state index contributed by atoms with van der Waals surface area (Å²) in [5, 5.41) is 3.32. The summed E-state index contributed by atoms with van der Waals surface area (Å²) in [5.41, 5.74) is 2.33. The minimum atomic E-state index is 0.154. The Bertz CT molecular complexity index is 547. The van der Waals surface area contributed by atoms with Crippen molar-refractivity contribution in [3.05, 3.63) is 24.3 Å². The lowest BCUT2D eigenvalue weighted by Gasteiger charge is -2.32. The number of hydrogen-bond donors (Lipinski definition) is 1. The molecule has 24 heavy (non-hydrogen) atoms. The van der Waals surface area contributed by atoms with E-state index in [-0.39, 0.29) is 5.91 Å². The van der Waals surface area contributed by atoms with E-state index in [4.69, 9.17) is 0 Å². The molecular formula is C18H26N4O2. The SMILES string of the molecule is O=CN1CCN(C(=O)CCNc2ccc(N3CCCC3)cc2)CC1. The first-order valence-electron chi connectivity index (χ1n) is 8.82. The first-order chi connectivity index (χ1) is 11.8. The van der Waals surface area contributed by atoms with Gasteiger partial charge in [-0.05, 0) is 37.1 Å². The second-order valence-corrected chi connectivity index (χ2v) is 6.44. The largest absolute Gasteiger partial charge is 0.385 e. The third-order valence-corrected chi connectivity index (χ3v) is 4.82. The number of piperazine rings is 1. The highest BCUT2D eigenvalue weighted by Crippen LogP contribution is 2.22. The Kier molecular flexibility index (Phi) is 5.56. The van der Waals surface area contributed by atoms with Gasteiger partial charge in [0.05, 0.1) is 0 Å². The van der Waals surface area contributed by atoms with Gasteiger partial charge in [-0.2, -0.15) is 0 Å². The van der Waals surface area contributed by atoms with Crippen LogP contribution in [0.3, 0.4) is 0 Å². The lowest BCUT2D eigenvalue weighted by Crippen LogP contribution is -2.48. The summed E-state index contributed by atoms with van der Waals surface area (Å²) in [6.45, 7) is 5.50. The van der Waals surface area contributed by atoms with Gasteiger partial charge in [0.1, 0.15) is 0 Å². The van der Waals surface area contributed by atoms with Crippen molar-refractivity contribution in [3.63, 3.8) is 0 Å². The van der Waals surface area contributed by atoms with Crippen molar-refractivity contribution >= 4 is 23.7 Å². The zero-order valence-electron chi connectivity index (χ0n) is 14.1. The van der Waals surface area contributed by atoms with Crippen molar-refractivity contribution in [1.82, 2.24) is 9.80 Å². The van der Waals surface area contributed by atoms with Crippen LogP contribution in [0, 0.1) is 0 Å². The normalized spacial score (nSPS) is 17.9. The number of nitrogens with zero attached hydrogens (tertiary/aromatic N) is 3. The molecule has 1 aromatic rings. The summed E-state index contributed by atoms with van der Waals surface area (Å²) in [6.07, 6.45) is 3.90. The predicted octanol–water partition coefficient (Wildman–Crippen LogP) is 1.39. The lowest BCUT2D eigenvalue weighted by molar-refractivity contribution is -0.134. The molecule has 0 aromatic heterocycles. The van der Waals surface area contributed by atoms with E-state index in [0.717, 1.165) is 25.2 Å². The molecule has 130 valence electrons. The third kappa shape index (κ3) is 4.19. The Hall–Kier alpha value is -2.24. The van der Waals surface area contributed by atoms with Crippen molar-refractivity contribution in [2.45, 2.75) is 19.3 Å². The highest BCUT2D eigenvalue weighted by molar-refractivity contribution is 5.77. The van der Waals surface area contributed by atoms with Gasteiger partial charge in [-0.25, -0.2) is 0 Å². The molecule has 6 nitrogen and oxygen atoms in total. The van der Waals surface area contributed by atoms with Gasteiger partial charge in [0.15, 0.2) is 0 Å². The summed E-state index contributed by atoms with van der Waals surface area (Å²) in [4.78, 5) is 28.8. The average Bonchev–Trinajstić information content (AvgIpc) is 3.17. The van der Waals surface area contributed by atoms with Gasteiger partial charge in [0.2, 0.25) is 12.3 Å². The second-order valence-electron chi connectivity index (χ2n) is 6.44. The van der Waals surface area contributed by atoms with Crippen molar-refractivity contribution in [2.75, 3.05) is 56.0 Å². The second kappa shape index (κ2) is 8.04. The molecule has 2 heterocycles. The zero-order chi connectivity index (χ0) is 16.8. The Morgan fingerprint density at radius 2 is 1.67 bits per heavy atom. The summed E-state index contributed by atoms with van der Waals surface area (Å²) < 4.78 is 0. The fraction of sp³-hybridized carbons (Fsp3) is 0.556. The molecular weight excluding hydrogens is 304 g/mol. The number of rotatable bonds is 6. The van der Waals surface area contributed by atoms with Crippen LogP contribution < -0.4 is 10.2 Å². The molecule has 0 unspecified atom stereocenters. The van der Waals surface area contributed by atoms with Gasteiger partial charge in [0.25, 0.3) is 0 Å². The summed E-state index contributed by atoms with van der Waals surface area (Å²) >= 11 is 0. The van der Waals surface area contributed by atoms with Gasteiger partial charge >= 0.3 is 0 Å². The van der Waals surface area contributed by atoms with Crippen LogP contribution in [0.1, 0.15) is 19.3 Å². The third-order valence-electron chi connectivity index (χ3n) is 4.82. The smallest absolute Gasteiger partial charge is 0.224 e. The molecule has 0 aliphatic carbocycles. The molecule has 2 fully saturated rings. The number of nitrogens with one attached hydrogen (secondary N) is 1. The molecule has 2 saturated heterocycles. The van der Waals surface area contributed by atoms with E-state index in [0.29, 0.717) is 39.1 Å². The van der Waals surface area contributed by atoms with Gasteiger partial charge in [-0.1, -0.05) is 0 Å². The van der Waals surface area contributed by atoms with Crippen molar-refractivity contribution in [3.8, 4) is 0 Å². The molecule has 3 rings (SSSR count). The summed E-state index contributed by atoms with van der Waals surface area (Å²) in [7, 11) is 0. The fourth-order valence-electron chi connectivity index (χ4n) is 3.31. The first-order valence-corrected chi connectivity index (χ1v) is 8.82. The Morgan fingerprint density at radius 1 is 1.00 bits per heavy atom. The van der Waals surface area contributed by atoms with Gasteiger partial charge in [0, 0.05) is 63.6 Å². The van der Waals surface area contributed by atoms with E-state index in [1.807, 2.05) is 4.90 Å². The molecule has 0 saturated carbocycles. The van der Waals surface area contributed by atoms with Gasteiger partial charge < -0.3 is 20.0 Å². The molecule has 2 amide bonds. The topological polar surface area (TPSA) is 55.9 Å². The van der Waals surface area contributed by atoms with Crippen molar-refractivity contribution < 1.29 is 9.59 Å². The van der Waals surface area contributed by atoms with Crippen LogP contribution in [-0.2, 0) is 9.59 Å². The summed E-state index contributed by atoms with van der Waals surface area (Å²) in [6, 6.07) is 8.46. The van der Waals surface area contributed by atoms with E-state index >= 15 is 0 Å². The van der Waals surface area contributed by atoms with E-state index in [9.17, 15) is 9.59 Å². The van der Waals surface area contributed by atoms with Crippen LogP contribution in [0.25, 0.3) is 0 Å². The number of carbonyl (C=O) groups excluding carboxylic acids is 2. The Balaban J connectivity index is 1.39. The van der Waals surface area contributed by atoms with E-state index in [1.165, 1.54) is 18.5 Å². The Morgan fingerprint density at radius 3 is 2.29 bits per heavy atom. The molecule has 0 atom stereocenters. The van der Waals surface area contributed by atoms with Crippen LogP contribution in [0.4, 0.5) is 11.4 Å². The highest BCUT2D eigenvalue weighted by atomic mass is 16.2. The maximum absolute atomic E-state index is 12.2. The number of hydrogen-bond acceptors (Lipinski definition) is 4. The Labute approximate surface area is 143 Å². The van der Waals surface area contributed by atoms with Crippen molar-refractivity contribution in [2.24, 2.45) is 0 Å². The maximum atomic E-state index is 12.2. The standard InChI is InChI=1S/C18H26N4O2/c23-15-20-11-13-22(14-12-20)18(24)7-8-19-16-3-5-17(6-4-16)21-9-1-2-10-21/h3-6,15,19H,1-2,7-14H2. The lowest BCUT2D eigenvalue weighted by atomic mass is 10.2. The van der Waals surface area contributed by atoms with E-state index in [1.54, 1.807) is 4.90 Å². The molecule has 2 aliphatic heterocycles. The van der Waals surface area contributed by atoms with Crippen LogP contribution in [0.5, 0.6) is 0 Å². The summed E-state index contributed by atoms with van der Waals surface area (Å²) in [5.74, 6) is 0.154. The minimum absolute atomic E-state index is 0.154. The van der Waals surface area contributed by atoms with E-state index < -0.39 is 0 Å². The zero-order valence-corrected chi connectivity index (χ0v) is 14.1. The molecule has 0 bridgehead atoms. The minimum Gasteiger partial charge on any atom is -0.385 e. The highest BCUT2D eigenvalue weighted by Gasteiger charge is 2.19. The molecule has 1 N–H and O–H groups in total. The fourth-order valence-corrected chi connectivity index (χ4v) is 3.31. The predicted molar refractivity (Wildman–Crippen MR) is 95.2 cm³/mol. The quantitative estimate of drug-likeness (QED) is 0.801. The number of amides is 2. The monoisotopic (exact) mass is 330 g/mol. The molecule has 2 aliphatic rings. The molecule has 1 aromatic carbocycles. The van der Waals surface area contributed by atoms with Gasteiger partial charge in [-0.15, -0.1) is 0 Å². The van der Waals surface area contributed by atoms with Crippen LogP contribution >= 0.6 is 0 Å². The number of carbonyl (C=O) groups is 2. The number of benzene rings is 1. The van der Waals surface area contributed by atoms with E-state index in [2.05, 4.69) is 34.5 Å². The molecule has 6 heteroatoms. The maximum Gasteiger partial charge on any atom is 0.224 e. The molecule has 0 spiro atoms. The number of anilines is 2. The van der Waals surface area contributed by atoms with Gasteiger partial charge in [-0.3, -0.25) is 9.59 Å². The average molecular weight is 330 g/mol. The first kappa shape index (κ1) is 16.6. The van der Waals surface area contributed by atoms with Crippen LogP contribution in [-0.4, -0.2) is 67.9 Å². The molecule has 0 radical (unpaired) electrons. The van der Waals surface area contributed by atoms with Crippen molar-refractivity contribution in [1.29, 1.82) is 0 Å². The van der Waals surface area contributed by atoms with Crippen LogP contribution in [0.2, 0.25) is 0 Å². The van der Waals surface area contributed by atoms with Crippen LogP contribution in [0.15, 0.2) is 24.3 Å².